The van der Waals surface area contributed by atoms with Gasteiger partial charge in [0.15, 0.2) is 0 Å². The monoisotopic (exact) mass is 285 g/mol. The van der Waals surface area contributed by atoms with Gasteiger partial charge in [0.2, 0.25) is 0 Å². The molecule has 1 amide bonds. The Labute approximate surface area is 122 Å². The summed E-state index contributed by atoms with van der Waals surface area (Å²) in [6, 6.07) is 15.4. The SMILES string of the molecule is O=C(NCCc1cccc(C(=O)O)c1)Oc1ccccc1. The number of carbonyl (C=O) groups is 2. The highest BCUT2D eigenvalue weighted by molar-refractivity contribution is 5.87. The maximum atomic E-state index is 11.6. The molecule has 0 aromatic heterocycles. The Balaban J connectivity index is 1.80. The number of benzene rings is 2. The van der Waals surface area contributed by atoms with Crippen molar-refractivity contribution in [3.05, 3.63) is 65.7 Å². The lowest BCUT2D eigenvalue weighted by molar-refractivity contribution is 0.0696. The second kappa shape index (κ2) is 7.09. The fourth-order valence-electron chi connectivity index (χ4n) is 1.80. The smallest absolute Gasteiger partial charge is 0.412 e. The van der Waals surface area contributed by atoms with Crippen LogP contribution in [-0.2, 0) is 6.42 Å². The minimum atomic E-state index is -0.965. The zero-order valence-electron chi connectivity index (χ0n) is 11.3. The molecule has 0 bridgehead atoms. The Hall–Kier alpha value is -2.82. The zero-order valence-corrected chi connectivity index (χ0v) is 11.3. The second-order valence-corrected chi connectivity index (χ2v) is 4.38. The van der Waals surface area contributed by atoms with E-state index in [0.717, 1.165) is 5.56 Å². The normalized spacial score (nSPS) is 9.90. The first-order valence-electron chi connectivity index (χ1n) is 6.48. The molecule has 0 unspecified atom stereocenters. The van der Waals surface area contributed by atoms with Gasteiger partial charge in [-0.3, -0.25) is 0 Å². The number of amides is 1. The summed E-state index contributed by atoms with van der Waals surface area (Å²) in [4.78, 5) is 22.4. The van der Waals surface area contributed by atoms with E-state index in [-0.39, 0.29) is 5.56 Å². The molecule has 0 radical (unpaired) electrons. The molecule has 0 aliphatic heterocycles. The molecule has 0 aliphatic carbocycles. The van der Waals surface area contributed by atoms with Gasteiger partial charge in [-0.1, -0.05) is 30.3 Å². The molecule has 108 valence electrons. The van der Waals surface area contributed by atoms with Gasteiger partial charge in [-0.15, -0.1) is 0 Å². The van der Waals surface area contributed by atoms with E-state index in [1.165, 1.54) is 6.07 Å². The van der Waals surface area contributed by atoms with Gasteiger partial charge in [0.25, 0.3) is 0 Å². The summed E-state index contributed by atoms with van der Waals surface area (Å²) in [6.07, 6.45) is 0.000886. The Morgan fingerprint density at radius 2 is 1.81 bits per heavy atom. The average Bonchev–Trinajstić information content (AvgIpc) is 2.48. The van der Waals surface area contributed by atoms with Gasteiger partial charge in [0.1, 0.15) is 5.75 Å². The molecule has 0 spiro atoms. The van der Waals surface area contributed by atoms with Crippen LogP contribution in [0.3, 0.4) is 0 Å². The van der Waals surface area contributed by atoms with Crippen LogP contribution < -0.4 is 10.1 Å². The van der Waals surface area contributed by atoms with Gasteiger partial charge >= 0.3 is 12.1 Å². The van der Waals surface area contributed by atoms with E-state index >= 15 is 0 Å². The number of hydrogen-bond donors (Lipinski definition) is 2. The van der Waals surface area contributed by atoms with Crippen LogP contribution in [0.25, 0.3) is 0 Å². The van der Waals surface area contributed by atoms with Crippen LogP contribution in [0, 0.1) is 0 Å². The van der Waals surface area contributed by atoms with E-state index < -0.39 is 12.1 Å². The number of hydrogen-bond acceptors (Lipinski definition) is 3. The van der Waals surface area contributed by atoms with Crippen molar-refractivity contribution in [2.45, 2.75) is 6.42 Å². The van der Waals surface area contributed by atoms with Crippen molar-refractivity contribution in [1.29, 1.82) is 0 Å². The van der Waals surface area contributed by atoms with Crippen molar-refractivity contribution >= 4 is 12.1 Å². The molecule has 0 saturated carbocycles. The molecular formula is C16H15NO4. The number of aromatic carboxylic acids is 1. The second-order valence-electron chi connectivity index (χ2n) is 4.38. The van der Waals surface area contributed by atoms with Gasteiger partial charge in [-0.25, -0.2) is 9.59 Å². The Morgan fingerprint density at radius 3 is 2.52 bits per heavy atom. The van der Waals surface area contributed by atoms with Crippen LogP contribution >= 0.6 is 0 Å². The van der Waals surface area contributed by atoms with E-state index in [1.54, 1.807) is 36.4 Å². The molecule has 2 N–H and O–H groups in total. The van der Waals surface area contributed by atoms with Gasteiger partial charge in [-0.05, 0) is 36.2 Å². The fraction of sp³-hybridized carbons (Fsp3) is 0.125. The lowest BCUT2D eigenvalue weighted by atomic mass is 10.1. The molecule has 2 aromatic carbocycles. The van der Waals surface area contributed by atoms with Crippen LogP contribution in [0.15, 0.2) is 54.6 Å². The molecular weight excluding hydrogens is 270 g/mol. The standard InChI is InChI=1S/C16H15NO4/c18-15(19)13-6-4-5-12(11-13)9-10-17-16(20)21-14-7-2-1-3-8-14/h1-8,11H,9-10H2,(H,17,20)(H,18,19). The first-order valence-corrected chi connectivity index (χ1v) is 6.48. The quantitative estimate of drug-likeness (QED) is 0.885. The van der Waals surface area contributed by atoms with Crippen LogP contribution in [0.5, 0.6) is 5.75 Å². The lowest BCUT2D eigenvalue weighted by Gasteiger charge is -2.07. The Kier molecular flexibility index (Phi) is 4.93. The minimum absolute atomic E-state index is 0.236. The topological polar surface area (TPSA) is 75.6 Å². The molecule has 0 fully saturated rings. The highest BCUT2D eigenvalue weighted by Gasteiger charge is 2.05. The van der Waals surface area contributed by atoms with Crippen molar-refractivity contribution < 1.29 is 19.4 Å². The number of carboxylic acids is 1. The molecule has 0 aliphatic rings. The van der Waals surface area contributed by atoms with E-state index in [2.05, 4.69) is 5.32 Å². The largest absolute Gasteiger partial charge is 0.478 e. The maximum absolute atomic E-state index is 11.6. The third-order valence-corrected chi connectivity index (χ3v) is 2.81. The van der Waals surface area contributed by atoms with E-state index in [9.17, 15) is 9.59 Å². The van der Waals surface area contributed by atoms with Crippen molar-refractivity contribution in [1.82, 2.24) is 5.32 Å². The molecule has 0 saturated heterocycles. The Morgan fingerprint density at radius 1 is 1.05 bits per heavy atom. The van der Waals surface area contributed by atoms with Gasteiger partial charge in [0, 0.05) is 6.54 Å². The summed E-state index contributed by atoms with van der Waals surface area (Å²) in [5.74, 6) is -0.490. The third kappa shape index (κ3) is 4.65. The summed E-state index contributed by atoms with van der Waals surface area (Å²) in [5, 5.41) is 11.5. The molecule has 2 rings (SSSR count). The average molecular weight is 285 g/mol. The first kappa shape index (κ1) is 14.6. The van der Waals surface area contributed by atoms with Gasteiger partial charge in [0.05, 0.1) is 5.56 Å². The number of ether oxygens (including phenoxy) is 1. The maximum Gasteiger partial charge on any atom is 0.412 e. The third-order valence-electron chi connectivity index (χ3n) is 2.81. The summed E-state index contributed by atoms with van der Waals surface area (Å²) in [7, 11) is 0. The molecule has 5 nitrogen and oxygen atoms in total. The summed E-state index contributed by atoms with van der Waals surface area (Å²) >= 11 is 0. The van der Waals surface area contributed by atoms with Crippen molar-refractivity contribution in [2.75, 3.05) is 6.54 Å². The summed E-state index contributed by atoms with van der Waals surface area (Å²) < 4.78 is 5.07. The zero-order chi connectivity index (χ0) is 15.1. The first-order chi connectivity index (χ1) is 10.1. The number of carboxylic acid groups (broad SMARTS) is 1. The highest BCUT2D eigenvalue weighted by atomic mass is 16.6. The molecule has 0 heterocycles. The summed E-state index contributed by atoms with van der Waals surface area (Å²) in [5.41, 5.74) is 1.08. The van der Waals surface area contributed by atoms with E-state index in [0.29, 0.717) is 18.7 Å². The number of carbonyl (C=O) groups excluding carboxylic acids is 1. The van der Waals surface area contributed by atoms with E-state index in [4.69, 9.17) is 9.84 Å². The van der Waals surface area contributed by atoms with Gasteiger partial charge in [-0.2, -0.15) is 0 Å². The highest BCUT2D eigenvalue weighted by Crippen LogP contribution is 2.08. The Bertz CT molecular complexity index is 625. The van der Waals surface area contributed by atoms with Crippen LogP contribution in [-0.4, -0.2) is 23.7 Å². The number of para-hydroxylation sites is 1. The van der Waals surface area contributed by atoms with Crippen molar-refractivity contribution in [2.24, 2.45) is 0 Å². The van der Waals surface area contributed by atoms with Crippen molar-refractivity contribution in [3.63, 3.8) is 0 Å². The number of rotatable bonds is 5. The molecule has 21 heavy (non-hydrogen) atoms. The molecule has 2 aromatic rings. The van der Waals surface area contributed by atoms with Gasteiger partial charge < -0.3 is 15.2 Å². The minimum Gasteiger partial charge on any atom is -0.478 e. The lowest BCUT2D eigenvalue weighted by Crippen LogP contribution is -2.28. The predicted molar refractivity (Wildman–Crippen MR) is 77.6 cm³/mol. The fourth-order valence-corrected chi connectivity index (χ4v) is 1.80. The van der Waals surface area contributed by atoms with Crippen LogP contribution in [0.2, 0.25) is 0 Å². The van der Waals surface area contributed by atoms with E-state index in [1.807, 2.05) is 12.1 Å². The van der Waals surface area contributed by atoms with Crippen LogP contribution in [0.4, 0.5) is 4.79 Å². The molecule has 5 heteroatoms. The summed E-state index contributed by atoms with van der Waals surface area (Å²) in [6.45, 7) is 0.370. The molecule has 0 atom stereocenters. The van der Waals surface area contributed by atoms with Crippen molar-refractivity contribution in [3.8, 4) is 5.75 Å². The number of nitrogens with one attached hydrogen (secondary N) is 1. The van der Waals surface area contributed by atoms with Crippen LogP contribution in [0.1, 0.15) is 15.9 Å². The predicted octanol–water partition coefficient (Wildman–Crippen LogP) is 2.72.